The Balaban J connectivity index is 0.00000242. The van der Waals surface area contributed by atoms with Crippen molar-refractivity contribution in [1.29, 1.82) is 0 Å². The predicted octanol–water partition coefficient (Wildman–Crippen LogP) is 3.08. The smallest absolute Gasteiger partial charge is 0.238 e. The lowest BCUT2D eigenvalue weighted by molar-refractivity contribution is -0.117. The molecule has 0 saturated carbocycles. The van der Waals surface area contributed by atoms with Crippen molar-refractivity contribution >= 4 is 35.6 Å². The zero-order valence-electron chi connectivity index (χ0n) is 13.2. The van der Waals surface area contributed by atoms with E-state index < -0.39 is 0 Å². The molecule has 2 rings (SSSR count). The van der Waals surface area contributed by atoms with Crippen LogP contribution in [-0.2, 0) is 4.79 Å². The lowest BCUT2D eigenvalue weighted by atomic mass is 10.2. The first-order valence-electron chi connectivity index (χ1n) is 7.61. The summed E-state index contributed by atoms with van der Waals surface area (Å²) < 4.78 is 0. The maximum absolute atomic E-state index is 12.2. The monoisotopic (exact) mass is 345 g/mol. The molecule has 22 heavy (non-hydrogen) atoms. The Bertz CT molecular complexity index is 490. The molecule has 6 heteroatoms. The molecule has 0 bridgehead atoms. The van der Waals surface area contributed by atoms with Gasteiger partial charge >= 0.3 is 0 Å². The Morgan fingerprint density at radius 3 is 2.86 bits per heavy atom. The molecule has 1 saturated heterocycles. The normalized spacial score (nSPS) is 17.4. The second kappa shape index (κ2) is 9.36. The van der Waals surface area contributed by atoms with Gasteiger partial charge in [0.15, 0.2) is 0 Å². The number of halogens is 2. The van der Waals surface area contributed by atoms with Crippen molar-refractivity contribution < 1.29 is 4.79 Å². The van der Waals surface area contributed by atoms with Gasteiger partial charge in [0, 0.05) is 23.3 Å². The van der Waals surface area contributed by atoms with Crippen LogP contribution in [0.15, 0.2) is 18.2 Å². The van der Waals surface area contributed by atoms with Crippen LogP contribution in [-0.4, -0.2) is 43.0 Å². The summed E-state index contributed by atoms with van der Waals surface area (Å²) in [4.78, 5) is 14.5. The Kier molecular flexibility index (Phi) is 8.18. The Morgan fingerprint density at radius 1 is 1.50 bits per heavy atom. The molecule has 4 nitrogen and oxygen atoms in total. The third-order valence-corrected chi connectivity index (χ3v) is 4.27. The van der Waals surface area contributed by atoms with Crippen LogP contribution in [0.2, 0.25) is 5.02 Å². The van der Waals surface area contributed by atoms with E-state index in [1.54, 1.807) is 6.07 Å². The number of carbonyl (C=O) groups is 1. The van der Waals surface area contributed by atoms with Gasteiger partial charge < -0.3 is 10.6 Å². The van der Waals surface area contributed by atoms with E-state index in [0.717, 1.165) is 43.7 Å². The Labute approximate surface area is 144 Å². The second-order valence-corrected chi connectivity index (χ2v) is 6.04. The van der Waals surface area contributed by atoms with Crippen LogP contribution < -0.4 is 10.6 Å². The molecular weight excluding hydrogens is 321 g/mol. The predicted molar refractivity (Wildman–Crippen MR) is 95.2 cm³/mol. The van der Waals surface area contributed by atoms with Crippen LogP contribution in [0.3, 0.4) is 0 Å². The summed E-state index contributed by atoms with van der Waals surface area (Å²) in [5, 5.41) is 6.97. The molecule has 0 aliphatic carbocycles. The average Bonchev–Trinajstić information content (AvgIpc) is 2.96. The fourth-order valence-corrected chi connectivity index (χ4v) is 2.87. The zero-order chi connectivity index (χ0) is 15.2. The summed E-state index contributed by atoms with van der Waals surface area (Å²) in [5.41, 5.74) is 1.77. The molecule has 1 aromatic rings. The van der Waals surface area contributed by atoms with Gasteiger partial charge in [-0.2, -0.15) is 0 Å². The minimum absolute atomic E-state index is 0. The molecule has 0 spiro atoms. The van der Waals surface area contributed by atoms with E-state index >= 15 is 0 Å². The summed E-state index contributed by atoms with van der Waals surface area (Å²) in [7, 11) is 0. The van der Waals surface area contributed by atoms with Crippen LogP contribution in [0.5, 0.6) is 0 Å². The van der Waals surface area contributed by atoms with Crippen LogP contribution in [0.25, 0.3) is 0 Å². The highest BCUT2D eigenvalue weighted by Crippen LogP contribution is 2.20. The highest BCUT2D eigenvalue weighted by Gasteiger charge is 2.23. The van der Waals surface area contributed by atoms with Gasteiger partial charge in [-0.3, -0.25) is 9.69 Å². The molecule has 0 radical (unpaired) electrons. The van der Waals surface area contributed by atoms with E-state index in [1.807, 2.05) is 19.1 Å². The van der Waals surface area contributed by atoms with Crippen LogP contribution in [0, 0.1) is 6.92 Å². The molecule has 2 N–H and O–H groups in total. The van der Waals surface area contributed by atoms with Gasteiger partial charge in [0.1, 0.15) is 0 Å². The summed E-state index contributed by atoms with van der Waals surface area (Å²) in [6, 6.07) is 6.08. The van der Waals surface area contributed by atoms with Crippen molar-refractivity contribution in [3.8, 4) is 0 Å². The standard InChI is InChI=1S/C16H24ClN3O.ClH/c1-3-8-20(14-6-7-18-10-14)11-16(21)19-13-5-4-12(2)15(17)9-13;/h4-5,9,14,18H,3,6-8,10-11H2,1-2H3,(H,19,21);1H. The molecule has 1 aliphatic heterocycles. The molecule has 124 valence electrons. The molecule has 1 aromatic carbocycles. The number of aryl methyl sites for hydroxylation is 1. The van der Waals surface area contributed by atoms with Gasteiger partial charge in [-0.15, -0.1) is 12.4 Å². The molecule has 1 unspecified atom stereocenters. The Morgan fingerprint density at radius 2 is 2.27 bits per heavy atom. The summed E-state index contributed by atoms with van der Waals surface area (Å²) >= 11 is 6.09. The molecule has 1 amide bonds. The number of anilines is 1. The fourth-order valence-electron chi connectivity index (χ4n) is 2.68. The van der Waals surface area contributed by atoms with Crippen LogP contribution in [0.4, 0.5) is 5.69 Å². The number of benzene rings is 1. The number of carbonyl (C=O) groups excluding carboxylic acids is 1. The first-order chi connectivity index (χ1) is 10.1. The van der Waals surface area contributed by atoms with Crippen molar-refractivity contribution in [3.05, 3.63) is 28.8 Å². The van der Waals surface area contributed by atoms with Crippen molar-refractivity contribution in [3.63, 3.8) is 0 Å². The van der Waals surface area contributed by atoms with E-state index in [2.05, 4.69) is 22.5 Å². The lowest BCUT2D eigenvalue weighted by Crippen LogP contribution is -2.42. The van der Waals surface area contributed by atoms with Crippen LogP contribution >= 0.6 is 24.0 Å². The maximum Gasteiger partial charge on any atom is 0.238 e. The topological polar surface area (TPSA) is 44.4 Å². The van der Waals surface area contributed by atoms with Gasteiger partial charge in [0.2, 0.25) is 5.91 Å². The average molecular weight is 346 g/mol. The zero-order valence-corrected chi connectivity index (χ0v) is 14.8. The highest BCUT2D eigenvalue weighted by atomic mass is 35.5. The number of rotatable bonds is 6. The first kappa shape index (κ1) is 19.2. The van der Waals surface area contributed by atoms with E-state index in [-0.39, 0.29) is 18.3 Å². The van der Waals surface area contributed by atoms with Gasteiger partial charge in [-0.25, -0.2) is 0 Å². The van der Waals surface area contributed by atoms with Crippen molar-refractivity contribution in [1.82, 2.24) is 10.2 Å². The van der Waals surface area contributed by atoms with E-state index in [9.17, 15) is 4.79 Å². The highest BCUT2D eigenvalue weighted by molar-refractivity contribution is 6.31. The Hall–Kier alpha value is -0.810. The maximum atomic E-state index is 12.2. The van der Waals surface area contributed by atoms with Crippen molar-refractivity contribution in [2.45, 2.75) is 32.7 Å². The molecule has 1 atom stereocenters. The number of nitrogens with one attached hydrogen (secondary N) is 2. The van der Waals surface area contributed by atoms with Crippen LogP contribution in [0.1, 0.15) is 25.3 Å². The summed E-state index contributed by atoms with van der Waals surface area (Å²) in [5.74, 6) is 0.0234. The third kappa shape index (κ3) is 5.43. The van der Waals surface area contributed by atoms with Crippen molar-refractivity contribution in [2.75, 3.05) is 31.5 Å². The largest absolute Gasteiger partial charge is 0.325 e. The summed E-state index contributed by atoms with van der Waals surface area (Å²) in [6.07, 6.45) is 2.17. The van der Waals surface area contributed by atoms with E-state index in [0.29, 0.717) is 17.6 Å². The minimum atomic E-state index is 0. The minimum Gasteiger partial charge on any atom is -0.325 e. The number of nitrogens with zero attached hydrogens (tertiary/aromatic N) is 1. The number of amides is 1. The SMILES string of the molecule is CCCN(CC(=O)Nc1ccc(C)c(Cl)c1)C1CCNC1.Cl. The number of hydrogen-bond donors (Lipinski definition) is 2. The lowest BCUT2D eigenvalue weighted by Gasteiger charge is -2.27. The third-order valence-electron chi connectivity index (χ3n) is 3.86. The first-order valence-corrected chi connectivity index (χ1v) is 7.98. The molecular formula is C16H25Cl2N3O. The molecule has 1 aliphatic rings. The number of hydrogen-bond acceptors (Lipinski definition) is 3. The summed E-state index contributed by atoms with van der Waals surface area (Å²) in [6.45, 7) is 7.50. The molecule has 0 aromatic heterocycles. The van der Waals surface area contributed by atoms with Gasteiger partial charge in [-0.05, 0) is 50.6 Å². The van der Waals surface area contributed by atoms with Gasteiger partial charge in [0.25, 0.3) is 0 Å². The fraction of sp³-hybridized carbons (Fsp3) is 0.562. The van der Waals surface area contributed by atoms with E-state index in [4.69, 9.17) is 11.6 Å². The second-order valence-electron chi connectivity index (χ2n) is 5.63. The molecule has 1 fully saturated rings. The molecule has 1 heterocycles. The van der Waals surface area contributed by atoms with Crippen molar-refractivity contribution in [2.24, 2.45) is 0 Å². The van der Waals surface area contributed by atoms with Gasteiger partial charge in [0.05, 0.1) is 6.54 Å². The quantitative estimate of drug-likeness (QED) is 0.832. The van der Waals surface area contributed by atoms with E-state index in [1.165, 1.54) is 0 Å². The van der Waals surface area contributed by atoms with Gasteiger partial charge in [-0.1, -0.05) is 24.6 Å².